The molecular weight excluding hydrogens is 593 g/mol. The van der Waals surface area contributed by atoms with Crippen LogP contribution in [-0.4, -0.2) is 46.0 Å². The lowest BCUT2D eigenvalue weighted by Gasteiger charge is -2.16. The van der Waals surface area contributed by atoms with Crippen molar-refractivity contribution in [3.05, 3.63) is 68.8 Å². The van der Waals surface area contributed by atoms with Crippen molar-refractivity contribution in [2.45, 2.75) is 51.4 Å². The standard InChI is InChI=1S/2C14H22S4/c15-5-1-11-9-13(3-7-17)14(4-8-18)10-12(11)2-6-16;15-5-1-11-9-12(2-6-16)14(4-8-18)13(10-11)3-7-17/h2*9-10,15-18H,1-8H2. The molecule has 0 amide bonds. The normalized spacial score (nSPS) is 10.9. The highest BCUT2D eigenvalue weighted by Crippen LogP contribution is 2.23. The number of hydrogen-bond donors (Lipinski definition) is 8. The first kappa shape index (κ1) is 35.3. The molecule has 0 unspecified atom stereocenters. The van der Waals surface area contributed by atoms with E-state index in [1.807, 2.05) is 0 Å². The predicted octanol–water partition coefficient (Wildman–Crippen LogP) is 7.15. The molecule has 2 aromatic rings. The summed E-state index contributed by atoms with van der Waals surface area (Å²) in [5.41, 5.74) is 11.5. The van der Waals surface area contributed by atoms with Crippen molar-refractivity contribution in [1.82, 2.24) is 0 Å². The molecule has 8 heteroatoms. The van der Waals surface area contributed by atoms with E-state index in [9.17, 15) is 0 Å². The lowest BCUT2D eigenvalue weighted by atomic mass is 9.92. The number of hydrogen-bond acceptors (Lipinski definition) is 8. The maximum atomic E-state index is 4.38. The predicted molar refractivity (Wildman–Crippen MR) is 193 cm³/mol. The van der Waals surface area contributed by atoms with E-state index in [2.05, 4.69) is 125 Å². The molecule has 204 valence electrons. The summed E-state index contributed by atoms with van der Waals surface area (Å²) in [6, 6.07) is 9.36. The highest BCUT2D eigenvalue weighted by Gasteiger charge is 2.11. The van der Waals surface area contributed by atoms with Gasteiger partial charge in [-0.2, -0.15) is 101 Å². The first-order valence-corrected chi connectivity index (χ1v) is 17.7. The van der Waals surface area contributed by atoms with Crippen LogP contribution < -0.4 is 0 Å². The summed E-state index contributed by atoms with van der Waals surface area (Å²) in [6.45, 7) is 0. The van der Waals surface area contributed by atoms with E-state index in [1.165, 1.54) is 44.5 Å². The largest absolute Gasteiger partial charge is 0.179 e. The number of benzene rings is 2. The molecule has 0 N–H and O–H groups in total. The maximum absolute atomic E-state index is 4.38. The Balaban J connectivity index is 0.000000360. The van der Waals surface area contributed by atoms with E-state index in [-0.39, 0.29) is 0 Å². The van der Waals surface area contributed by atoms with Crippen LogP contribution in [0.2, 0.25) is 0 Å². The van der Waals surface area contributed by atoms with E-state index < -0.39 is 0 Å². The zero-order valence-electron chi connectivity index (χ0n) is 21.2. The smallest absolute Gasteiger partial charge is 0.00572 e. The number of rotatable bonds is 16. The van der Waals surface area contributed by atoms with E-state index in [0.717, 1.165) is 97.4 Å². The first-order chi connectivity index (χ1) is 17.5. The highest BCUT2D eigenvalue weighted by atomic mass is 32.1. The van der Waals surface area contributed by atoms with Crippen LogP contribution in [0.4, 0.5) is 0 Å². The minimum Gasteiger partial charge on any atom is -0.179 e. The van der Waals surface area contributed by atoms with Crippen LogP contribution in [-0.2, 0) is 51.4 Å². The number of thiol groups is 8. The van der Waals surface area contributed by atoms with E-state index in [4.69, 9.17) is 0 Å². The molecule has 0 saturated carbocycles. The summed E-state index contributed by atoms with van der Waals surface area (Å²) in [7, 11) is 0. The molecule has 0 saturated heterocycles. The average molecular weight is 637 g/mol. The zero-order valence-corrected chi connectivity index (χ0v) is 28.4. The highest BCUT2D eigenvalue weighted by molar-refractivity contribution is 7.81. The van der Waals surface area contributed by atoms with Crippen molar-refractivity contribution in [3.8, 4) is 0 Å². The number of aryl methyl sites for hydroxylation is 7. The molecule has 36 heavy (non-hydrogen) atoms. The summed E-state index contributed by atoms with van der Waals surface area (Å²) in [4.78, 5) is 0. The quantitative estimate of drug-likeness (QED) is 0.0883. The van der Waals surface area contributed by atoms with Crippen molar-refractivity contribution in [2.75, 3.05) is 46.0 Å². The van der Waals surface area contributed by atoms with Gasteiger partial charge in [0.05, 0.1) is 0 Å². The Morgan fingerprint density at radius 1 is 0.306 bits per heavy atom. The van der Waals surface area contributed by atoms with Gasteiger partial charge < -0.3 is 0 Å². The average Bonchev–Trinajstić information content (AvgIpc) is 2.85. The van der Waals surface area contributed by atoms with Gasteiger partial charge in [0, 0.05) is 0 Å². The molecule has 0 aliphatic rings. The fraction of sp³-hybridized carbons (Fsp3) is 0.571. The topological polar surface area (TPSA) is 0 Å². The van der Waals surface area contributed by atoms with Crippen LogP contribution in [0.5, 0.6) is 0 Å². The molecule has 0 aliphatic carbocycles. The third-order valence-corrected chi connectivity index (χ3v) is 7.85. The van der Waals surface area contributed by atoms with Gasteiger partial charge in [0.25, 0.3) is 0 Å². The molecule has 0 aliphatic heterocycles. The summed E-state index contributed by atoms with van der Waals surface area (Å²) in [5, 5.41) is 0. The van der Waals surface area contributed by atoms with Crippen molar-refractivity contribution in [3.63, 3.8) is 0 Å². The molecule has 0 fully saturated rings. The molecule has 0 bridgehead atoms. The van der Waals surface area contributed by atoms with Crippen LogP contribution in [0, 0.1) is 0 Å². The van der Waals surface area contributed by atoms with Gasteiger partial charge >= 0.3 is 0 Å². The Bertz CT molecular complexity index is 776. The van der Waals surface area contributed by atoms with Crippen LogP contribution in [0.3, 0.4) is 0 Å². The van der Waals surface area contributed by atoms with Gasteiger partial charge in [0.2, 0.25) is 0 Å². The van der Waals surface area contributed by atoms with E-state index >= 15 is 0 Å². The van der Waals surface area contributed by atoms with Crippen LogP contribution >= 0.6 is 101 Å². The van der Waals surface area contributed by atoms with Gasteiger partial charge in [-0.25, -0.2) is 0 Å². The monoisotopic (exact) mass is 636 g/mol. The van der Waals surface area contributed by atoms with E-state index in [0.29, 0.717) is 0 Å². The molecule has 2 aromatic carbocycles. The SMILES string of the molecule is SCCc1cc(CCS)c(CCS)c(CCS)c1.SCCc1cc(CCS)c(CCS)cc1CCS. The lowest BCUT2D eigenvalue weighted by Crippen LogP contribution is -2.06. The second-order valence-electron chi connectivity index (χ2n) is 8.57. The minimum absolute atomic E-state index is 0.893. The van der Waals surface area contributed by atoms with Gasteiger partial charge in [-0.05, 0) is 142 Å². The van der Waals surface area contributed by atoms with Gasteiger partial charge in [-0.3, -0.25) is 0 Å². The molecular formula is C28H44S8. The first-order valence-electron chi connectivity index (χ1n) is 12.7. The van der Waals surface area contributed by atoms with Gasteiger partial charge in [0.15, 0.2) is 0 Å². The molecule has 2 rings (SSSR count). The molecule has 0 heterocycles. The second-order valence-corrected chi connectivity index (χ2v) is 12.1. The second kappa shape index (κ2) is 22.0. The van der Waals surface area contributed by atoms with Crippen LogP contribution in [0.25, 0.3) is 0 Å². The van der Waals surface area contributed by atoms with Gasteiger partial charge in [-0.15, -0.1) is 0 Å². The van der Waals surface area contributed by atoms with Crippen molar-refractivity contribution in [1.29, 1.82) is 0 Å². The third-order valence-electron chi connectivity index (χ3n) is 6.07. The van der Waals surface area contributed by atoms with Gasteiger partial charge in [0.1, 0.15) is 0 Å². The Kier molecular flexibility index (Phi) is 21.5. The summed E-state index contributed by atoms with van der Waals surface area (Å²) in [6.07, 6.45) is 8.28. The zero-order chi connectivity index (χ0) is 26.8. The molecule has 0 spiro atoms. The van der Waals surface area contributed by atoms with E-state index in [1.54, 1.807) is 0 Å². The maximum Gasteiger partial charge on any atom is -0.00572 e. The molecule has 0 nitrogen and oxygen atoms in total. The molecule has 0 atom stereocenters. The van der Waals surface area contributed by atoms with Crippen LogP contribution in [0.1, 0.15) is 44.5 Å². The fourth-order valence-electron chi connectivity index (χ4n) is 4.47. The fourth-order valence-corrected chi connectivity index (χ4v) is 6.39. The summed E-state index contributed by atoms with van der Waals surface area (Å²) < 4.78 is 0. The van der Waals surface area contributed by atoms with Crippen LogP contribution in [0.15, 0.2) is 24.3 Å². The Morgan fingerprint density at radius 3 is 0.861 bits per heavy atom. The Labute approximate surface area is 265 Å². The van der Waals surface area contributed by atoms with Crippen molar-refractivity contribution < 1.29 is 0 Å². The lowest BCUT2D eigenvalue weighted by molar-refractivity contribution is 0.979. The third kappa shape index (κ3) is 12.6. The minimum atomic E-state index is 0.893. The molecule has 0 radical (unpaired) electrons. The summed E-state index contributed by atoms with van der Waals surface area (Å²) >= 11 is 34.9. The van der Waals surface area contributed by atoms with Crippen molar-refractivity contribution >= 4 is 101 Å². The Morgan fingerprint density at radius 2 is 0.583 bits per heavy atom. The summed E-state index contributed by atoms with van der Waals surface area (Å²) in [5.74, 6) is 7.15. The molecule has 0 aromatic heterocycles. The van der Waals surface area contributed by atoms with Crippen molar-refractivity contribution in [2.24, 2.45) is 0 Å². The Hall–Kier alpha value is 1.24. The van der Waals surface area contributed by atoms with Gasteiger partial charge in [-0.1, -0.05) is 24.3 Å².